The van der Waals surface area contributed by atoms with Gasteiger partial charge in [0.25, 0.3) is 0 Å². The molecule has 0 amide bonds. The van der Waals surface area contributed by atoms with Gasteiger partial charge in [-0.1, -0.05) is 0 Å². The zero-order valence-electron chi connectivity index (χ0n) is 11.8. The van der Waals surface area contributed by atoms with Crippen LogP contribution in [0.5, 0.6) is 11.5 Å². The molecule has 1 aromatic heterocycles. The number of hydrogen-bond acceptors (Lipinski definition) is 3. The third kappa shape index (κ3) is 2.70. The number of hydrogen-bond donors (Lipinski definition) is 0. The first-order valence-corrected chi connectivity index (χ1v) is 8.81. The molecule has 3 nitrogen and oxygen atoms in total. The number of fused-ring (bicyclic) bond motifs is 1. The summed E-state index contributed by atoms with van der Waals surface area (Å²) in [6.45, 7) is 0. The SMILES string of the molecule is COc1cc(OC)c2c(=O)cc(-c3ccccc3)[te]c2c1. The Balaban J connectivity index is 2.31. The first kappa shape index (κ1) is 14.2. The van der Waals surface area contributed by atoms with Crippen molar-refractivity contribution < 1.29 is 9.47 Å². The van der Waals surface area contributed by atoms with Gasteiger partial charge < -0.3 is 0 Å². The van der Waals surface area contributed by atoms with Gasteiger partial charge in [-0.15, -0.1) is 0 Å². The predicted molar refractivity (Wildman–Crippen MR) is 85.7 cm³/mol. The molecule has 0 spiro atoms. The van der Waals surface area contributed by atoms with Crippen LogP contribution in [0.4, 0.5) is 0 Å². The van der Waals surface area contributed by atoms with E-state index in [2.05, 4.69) is 0 Å². The van der Waals surface area contributed by atoms with Crippen molar-refractivity contribution >= 4 is 29.2 Å². The summed E-state index contributed by atoms with van der Waals surface area (Å²) >= 11 is -0.649. The molecule has 0 radical (unpaired) electrons. The Hall–Kier alpha value is -1.76. The maximum absolute atomic E-state index is 12.5. The molecule has 106 valence electrons. The van der Waals surface area contributed by atoms with Crippen LogP contribution in [0.3, 0.4) is 0 Å². The summed E-state index contributed by atoms with van der Waals surface area (Å²) in [4.78, 5) is 12.5. The van der Waals surface area contributed by atoms with Gasteiger partial charge in [0.05, 0.1) is 0 Å². The van der Waals surface area contributed by atoms with Crippen molar-refractivity contribution in [3.05, 3.63) is 58.8 Å². The van der Waals surface area contributed by atoms with Crippen LogP contribution in [0.1, 0.15) is 0 Å². The van der Waals surface area contributed by atoms with Crippen molar-refractivity contribution in [2.24, 2.45) is 0 Å². The Morgan fingerprint density at radius 3 is 2.38 bits per heavy atom. The molecule has 0 fully saturated rings. The third-order valence-electron chi connectivity index (χ3n) is 3.28. The quantitative estimate of drug-likeness (QED) is 0.642. The van der Waals surface area contributed by atoms with Crippen molar-refractivity contribution in [1.82, 2.24) is 0 Å². The number of rotatable bonds is 3. The van der Waals surface area contributed by atoms with Crippen LogP contribution in [-0.4, -0.2) is 34.7 Å². The molecule has 4 heteroatoms. The average Bonchev–Trinajstić information content (AvgIpc) is 2.54. The third-order valence-corrected chi connectivity index (χ3v) is 6.47. The summed E-state index contributed by atoms with van der Waals surface area (Å²) in [5, 5.41) is 0.695. The molecule has 1 heterocycles. The Morgan fingerprint density at radius 1 is 0.952 bits per heavy atom. The molecule has 21 heavy (non-hydrogen) atoms. The molecule has 0 saturated heterocycles. The molecule has 3 rings (SSSR count). The second kappa shape index (κ2) is 5.93. The van der Waals surface area contributed by atoms with Gasteiger partial charge in [0.1, 0.15) is 0 Å². The van der Waals surface area contributed by atoms with Crippen molar-refractivity contribution in [3.63, 3.8) is 0 Å². The van der Waals surface area contributed by atoms with Crippen LogP contribution in [-0.2, 0) is 0 Å². The minimum absolute atomic E-state index is 0.0136. The normalized spacial score (nSPS) is 10.6. The molecule has 0 aliphatic rings. The zero-order valence-corrected chi connectivity index (χ0v) is 14.1. The summed E-state index contributed by atoms with van der Waals surface area (Å²) < 4.78 is 12.9. The molecule has 0 unspecified atom stereocenters. The monoisotopic (exact) mass is 396 g/mol. The molecule has 0 saturated carbocycles. The van der Waals surface area contributed by atoms with Crippen LogP contribution in [0.2, 0.25) is 0 Å². The number of benzene rings is 2. The maximum atomic E-state index is 12.5. The van der Waals surface area contributed by atoms with E-state index in [1.807, 2.05) is 36.4 Å². The van der Waals surface area contributed by atoms with E-state index in [0.717, 1.165) is 18.3 Å². The summed E-state index contributed by atoms with van der Waals surface area (Å²) in [6, 6.07) is 15.6. The van der Waals surface area contributed by atoms with Crippen molar-refractivity contribution in [2.45, 2.75) is 0 Å². The van der Waals surface area contributed by atoms with Crippen molar-refractivity contribution in [3.8, 4) is 20.6 Å². The van der Waals surface area contributed by atoms with Crippen LogP contribution in [0.15, 0.2) is 53.3 Å². The molecule has 0 aliphatic heterocycles. The van der Waals surface area contributed by atoms with E-state index in [1.165, 1.54) is 0 Å². The molecule has 0 atom stereocenters. The molecular weight excluding hydrogens is 380 g/mol. The molecule has 0 bridgehead atoms. The zero-order chi connectivity index (χ0) is 14.8. The standard InChI is InChI=1S/C17H14O3Te/c1-19-12-8-14(20-2)17-13(18)10-15(21-16(17)9-12)11-6-4-3-5-7-11/h3-10H,1-2H3. The van der Waals surface area contributed by atoms with Crippen molar-refractivity contribution in [2.75, 3.05) is 14.2 Å². The first-order valence-electron chi connectivity index (χ1n) is 6.48. The Kier molecular flexibility index (Phi) is 4.01. The van der Waals surface area contributed by atoms with Gasteiger partial charge in [-0.2, -0.15) is 0 Å². The van der Waals surface area contributed by atoms with Gasteiger partial charge in [0, 0.05) is 0 Å². The summed E-state index contributed by atoms with van der Waals surface area (Å²) in [5.74, 6) is 1.33. The van der Waals surface area contributed by atoms with Crippen LogP contribution in [0, 0.1) is 0 Å². The van der Waals surface area contributed by atoms with Gasteiger partial charge in [-0.05, 0) is 0 Å². The van der Waals surface area contributed by atoms with Crippen LogP contribution < -0.4 is 14.9 Å². The average molecular weight is 394 g/mol. The van der Waals surface area contributed by atoms with Gasteiger partial charge in [-0.3, -0.25) is 0 Å². The van der Waals surface area contributed by atoms with Gasteiger partial charge in [-0.25, -0.2) is 0 Å². The van der Waals surface area contributed by atoms with Crippen molar-refractivity contribution in [1.29, 1.82) is 0 Å². The topological polar surface area (TPSA) is 35.5 Å². The molecule has 0 aliphatic carbocycles. The van der Waals surface area contributed by atoms with E-state index in [-0.39, 0.29) is 5.43 Å². The fourth-order valence-corrected chi connectivity index (χ4v) is 5.49. The van der Waals surface area contributed by atoms with E-state index in [1.54, 1.807) is 26.4 Å². The molecule has 0 N–H and O–H groups in total. The second-order valence-corrected chi connectivity index (χ2v) is 7.64. The van der Waals surface area contributed by atoms with E-state index >= 15 is 0 Å². The Morgan fingerprint density at radius 2 is 1.71 bits per heavy atom. The van der Waals surface area contributed by atoms with E-state index in [0.29, 0.717) is 11.1 Å². The summed E-state index contributed by atoms with van der Waals surface area (Å²) in [5.41, 5.74) is 1.14. The van der Waals surface area contributed by atoms with Crippen LogP contribution >= 0.6 is 0 Å². The fourth-order valence-electron chi connectivity index (χ4n) is 2.25. The number of methoxy groups -OCH3 is 2. The Labute approximate surface area is 132 Å². The summed E-state index contributed by atoms with van der Waals surface area (Å²) in [6.07, 6.45) is 0. The minimum atomic E-state index is -0.649. The molecule has 2 aromatic carbocycles. The molecule has 3 aromatic rings. The first-order chi connectivity index (χ1) is 10.2. The number of ether oxygens (including phenoxy) is 2. The van der Waals surface area contributed by atoms with E-state index in [9.17, 15) is 4.79 Å². The Bertz CT molecular complexity index is 838. The van der Waals surface area contributed by atoms with Crippen LogP contribution in [0.25, 0.3) is 17.9 Å². The predicted octanol–water partition coefficient (Wildman–Crippen LogP) is 2.94. The van der Waals surface area contributed by atoms with Gasteiger partial charge in [0.15, 0.2) is 0 Å². The van der Waals surface area contributed by atoms with Gasteiger partial charge in [0.2, 0.25) is 0 Å². The van der Waals surface area contributed by atoms with E-state index in [4.69, 9.17) is 9.47 Å². The second-order valence-electron chi connectivity index (χ2n) is 4.54. The van der Waals surface area contributed by atoms with E-state index < -0.39 is 20.4 Å². The van der Waals surface area contributed by atoms with Gasteiger partial charge >= 0.3 is 132 Å². The molecular formula is C17H14O3Te. The summed E-state index contributed by atoms with van der Waals surface area (Å²) in [7, 11) is 3.21. The fraction of sp³-hybridized carbons (Fsp3) is 0.118.